The Labute approximate surface area is 115 Å². The van der Waals surface area contributed by atoms with Gasteiger partial charge >= 0.3 is 34.4 Å². The summed E-state index contributed by atoms with van der Waals surface area (Å²) >= 11 is 0. The van der Waals surface area contributed by atoms with Crippen molar-refractivity contribution in [1.82, 2.24) is 4.98 Å². The summed E-state index contributed by atoms with van der Waals surface area (Å²) in [6.45, 7) is 14.6. The molecule has 1 heterocycles. The molecule has 5 nitrogen and oxygen atoms in total. The molecule has 1 rings (SSSR count). The Morgan fingerprint density at radius 2 is 1.28 bits per heavy atom. The van der Waals surface area contributed by atoms with Crippen LogP contribution in [0.3, 0.4) is 0 Å². The molecule has 0 aliphatic carbocycles. The smallest absolute Gasteiger partial charge is 0.403 e. The summed E-state index contributed by atoms with van der Waals surface area (Å²) in [5, 5.41) is 0. The highest BCUT2D eigenvalue weighted by atomic mass is 28.5. The van der Waals surface area contributed by atoms with Gasteiger partial charge in [0.05, 0.1) is 0 Å². The topological polar surface area (TPSA) is 49.0 Å². The van der Waals surface area contributed by atoms with Crippen LogP contribution in [0.15, 0.2) is 0 Å². The highest BCUT2D eigenvalue weighted by molar-refractivity contribution is 6.92. The average molecular weight is 326 g/mol. The molecule has 9 heteroatoms. The van der Waals surface area contributed by atoms with Crippen LogP contribution < -0.4 is 4.98 Å². The Hall–Kier alpha value is 0.668. The fourth-order valence-corrected chi connectivity index (χ4v) is 22.4. The van der Waals surface area contributed by atoms with Crippen molar-refractivity contribution in [1.29, 1.82) is 0 Å². The van der Waals surface area contributed by atoms with E-state index in [9.17, 15) is 0 Å². The third-order valence-electron chi connectivity index (χ3n) is 2.90. The summed E-state index contributed by atoms with van der Waals surface area (Å²) < 4.78 is 25.2. The van der Waals surface area contributed by atoms with Crippen LogP contribution in [0.25, 0.3) is 0 Å². The minimum atomic E-state index is -2.40. The molecule has 1 aliphatic rings. The quantitative estimate of drug-likeness (QED) is 0.790. The molecule has 0 aromatic carbocycles. The van der Waals surface area contributed by atoms with Crippen molar-refractivity contribution in [3.8, 4) is 0 Å². The van der Waals surface area contributed by atoms with Crippen molar-refractivity contribution in [2.45, 2.75) is 52.2 Å². The summed E-state index contributed by atoms with van der Waals surface area (Å²) in [4.78, 5) is 3.24. The molecule has 18 heavy (non-hydrogen) atoms. The lowest BCUT2D eigenvalue weighted by molar-refractivity contribution is 0.226. The molecule has 0 aromatic heterocycles. The minimum Gasteiger partial charge on any atom is -0.416 e. The number of rotatable bonds is 2. The Balaban J connectivity index is 3.07. The second-order valence-corrected chi connectivity index (χ2v) is 20.1. The summed E-state index contributed by atoms with van der Waals surface area (Å²) in [6.07, 6.45) is 0. The second-order valence-electron chi connectivity index (χ2n) is 5.89. The first-order valence-corrected chi connectivity index (χ1v) is 16.9. The van der Waals surface area contributed by atoms with Gasteiger partial charge in [-0.2, -0.15) is 0 Å². The predicted octanol–water partition coefficient (Wildman–Crippen LogP) is 2.35. The maximum atomic E-state index is 6.35. The van der Waals surface area contributed by atoms with Gasteiger partial charge in [-0.15, -0.1) is 0 Å². The van der Waals surface area contributed by atoms with Crippen LogP contribution in [0.2, 0.25) is 45.3 Å². The van der Waals surface area contributed by atoms with Crippen LogP contribution >= 0.6 is 0 Å². The normalized spacial score (nSPS) is 40.0. The molecule has 1 aliphatic heterocycles. The van der Waals surface area contributed by atoms with Gasteiger partial charge in [-0.25, -0.2) is 0 Å². The zero-order chi connectivity index (χ0) is 14.2. The average Bonchev–Trinajstić information content (AvgIpc) is 2.11. The van der Waals surface area contributed by atoms with Gasteiger partial charge in [0.1, 0.15) is 0 Å². The van der Waals surface area contributed by atoms with E-state index in [4.69, 9.17) is 16.5 Å². The summed E-state index contributed by atoms with van der Waals surface area (Å²) in [6, 6.07) is 0.905. The van der Waals surface area contributed by atoms with E-state index >= 15 is 0 Å². The van der Waals surface area contributed by atoms with Crippen LogP contribution in [-0.2, 0) is 16.5 Å². The van der Waals surface area contributed by atoms with Crippen molar-refractivity contribution in [2.75, 3.05) is 7.05 Å². The van der Waals surface area contributed by atoms with Gasteiger partial charge in [0.25, 0.3) is 0 Å². The van der Waals surface area contributed by atoms with Crippen molar-refractivity contribution in [3.63, 3.8) is 0 Å². The van der Waals surface area contributed by atoms with Crippen molar-refractivity contribution in [2.24, 2.45) is 0 Å². The molecule has 1 fully saturated rings. The van der Waals surface area contributed by atoms with Gasteiger partial charge < -0.3 is 16.5 Å². The van der Waals surface area contributed by atoms with Gasteiger partial charge in [0, 0.05) is 0 Å². The van der Waals surface area contributed by atoms with Crippen LogP contribution in [0.4, 0.5) is 0 Å². The summed E-state index contributed by atoms with van der Waals surface area (Å²) in [5.41, 5.74) is 0. The molecule has 0 spiro atoms. The fraction of sp³-hybridized carbons (Fsp3) is 1.00. The number of hydrogen-bond donors (Lipinski definition) is 1. The van der Waals surface area contributed by atoms with Gasteiger partial charge in [0.2, 0.25) is 0 Å². The standard InChI is InChI=1S/C9H27NO4Si4/c1-9-17(7)12-15(3,4)11-16(5,6)13-18(8,10-2)14-17/h10H,9H2,1-8H3. The third kappa shape index (κ3) is 4.35. The molecule has 1 saturated heterocycles. The van der Waals surface area contributed by atoms with Crippen LogP contribution in [0.1, 0.15) is 6.92 Å². The molecule has 0 radical (unpaired) electrons. The van der Waals surface area contributed by atoms with E-state index in [0.717, 1.165) is 6.04 Å². The monoisotopic (exact) mass is 325 g/mol. The number of hydrogen-bond acceptors (Lipinski definition) is 5. The van der Waals surface area contributed by atoms with Crippen LogP contribution in [0.5, 0.6) is 0 Å². The highest BCUT2D eigenvalue weighted by Crippen LogP contribution is 2.30. The maximum Gasteiger partial charge on any atom is 0.403 e. The fourth-order valence-electron chi connectivity index (χ4n) is 2.32. The maximum absolute atomic E-state index is 6.35. The molecule has 0 aromatic rings. The van der Waals surface area contributed by atoms with E-state index < -0.39 is 34.4 Å². The van der Waals surface area contributed by atoms with E-state index in [1.165, 1.54) is 0 Å². The molecule has 0 amide bonds. The molecule has 2 unspecified atom stereocenters. The molecular weight excluding hydrogens is 298 g/mol. The molecule has 1 N–H and O–H groups in total. The van der Waals surface area contributed by atoms with E-state index in [-0.39, 0.29) is 0 Å². The lowest BCUT2D eigenvalue weighted by atomic mass is 11.0. The Kier molecular flexibility index (Phi) is 4.85. The zero-order valence-electron chi connectivity index (χ0n) is 12.8. The van der Waals surface area contributed by atoms with Crippen molar-refractivity contribution in [3.05, 3.63) is 0 Å². The lowest BCUT2D eigenvalue weighted by Crippen LogP contribution is -2.69. The molecule has 0 bridgehead atoms. The first kappa shape index (κ1) is 16.7. The third-order valence-corrected chi connectivity index (χ3v) is 19.5. The zero-order valence-corrected chi connectivity index (χ0v) is 16.8. The van der Waals surface area contributed by atoms with Crippen LogP contribution in [-0.4, -0.2) is 41.5 Å². The van der Waals surface area contributed by atoms with Gasteiger partial charge in [-0.05, 0) is 52.4 Å². The molecule has 108 valence electrons. The van der Waals surface area contributed by atoms with E-state index in [0.29, 0.717) is 0 Å². The molecule has 2 atom stereocenters. The van der Waals surface area contributed by atoms with Gasteiger partial charge in [0.15, 0.2) is 0 Å². The van der Waals surface area contributed by atoms with E-state index in [2.05, 4.69) is 44.6 Å². The van der Waals surface area contributed by atoms with Gasteiger partial charge in [-0.3, -0.25) is 4.98 Å². The Bertz CT molecular complexity index is 289. The minimum absolute atomic E-state index is 0.905. The highest BCUT2D eigenvalue weighted by Gasteiger charge is 2.53. The lowest BCUT2D eigenvalue weighted by Gasteiger charge is -2.47. The van der Waals surface area contributed by atoms with Crippen molar-refractivity contribution < 1.29 is 16.5 Å². The number of nitrogens with one attached hydrogen (secondary N) is 1. The van der Waals surface area contributed by atoms with E-state index in [1.807, 2.05) is 13.6 Å². The summed E-state index contributed by atoms with van der Waals surface area (Å²) in [7, 11) is -7.10. The molecule has 0 saturated carbocycles. The van der Waals surface area contributed by atoms with Gasteiger partial charge in [-0.1, -0.05) is 6.92 Å². The first-order valence-electron chi connectivity index (χ1n) is 6.44. The Morgan fingerprint density at radius 1 is 0.778 bits per heavy atom. The second kappa shape index (κ2) is 5.22. The van der Waals surface area contributed by atoms with E-state index in [1.54, 1.807) is 0 Å². The first-order chi connectivity index (χ1) is 7.95. The SMILES string of the molecule is CC[Si]1(C)O[Si](C)(C)O[Si](C)(C)O[Si](C)(NC)O1. The Morgan fingerprint density at radius 3 is 1.72 bits per heavy atom. The summed E-state index contributed by atoms with van der Waals surface area (Å²) in [5.74, 6) is 0. The predicted molar refractivity (Wildman–Crippen MR) is 82.1 cm³/mol. The molecular formula is C9H27NO4Si4. The van der Waals surface area contributed by atoms with Crippen LogP contribution in [0, 0.1) is 0 Å². The van der Waals surface area contributed by atoms with Crippen molar-refractivity contribution >= 4 is 34.4 Å². The largest absolute Gasteiger partial charge is 0.416 e.